The Morgan fingerprint density at radius 2 is 1.67 bits per heavy atom. The van der Waals surface area contributed by atoms with E-state index in [0.717, 1.165) is 15.6 Å². The Morgan fingerprint density at radius 1 is 1.06 bits per heavy atom. The van der Waals surface area contributed by atoms with E-state index >= 15 is 0 Å². The molecule has 0 aromatic heterocycles. The van der Waals surface area contributed by atoms with Crippen LogP contribution < -0.4 is 0 Å². The highest BCUT2D eigenvalue weighted by molar-refractivity contribution is 9.10. The summed E-state index contributed by atoms with van der Waals surface area (Å²) in [6.07, 6.45) is 0. The molecule has 1 nitrogen and oxygen atoms in total. The summed E-state index contributed by atoms with van der Waals surface area (Å²) in [6.45, 7) is 3.48. The molecule has 0 fully saturated rings. The average Bonchev–Trinajstić information content (AvgIpc) is 2.28. The van der Waals surface area contributed by atoms with Gasteiger partial charge in [-0.05, 0) is 54.8 Å². The minimum Gasteiger partial charge on any atom is -0.381 e. The van der Waals surface area contributed by atoms with Gasteiger partial charge >= 0.3 is 0 Å². The lowest BCUT2D eigenvalue weighted by molar-refractivity contribution is 0.102. The van der Waals surface area contributed by atoms with Gasteiger partial charge in [0.1, 0.15) is 11.4 Å². The number of hydrogen-bond donors (Lipinski definition) is 1. The fourth-order valence-electron chi connectivity index (χ4n) is 1.96. The van der Waals surface area contributed by atoms with E-state index in [1.165, 1.54) is 12.1 Å². The zero-order valence-electron chi connectivity index (χ0n) is 10.2. The van der Waals surface area contributed by atoms with E-state index in [4.69, 9.17) is 0 Å². The van der Waals surface area contributed by atoms with Crippen LogP contribution in [0.2, 0.25) is 0 Å². The summed E-state index contributed by atoms with van der Waals surface area (Å²) >= 11 is 3.35. The molecule has 0 amide bonds. The van der Waals surface area contributed by atoms with Crippen molar-refractivity contribution in [2.45, 2.75) is 19.4 Å². The van der Waals surface area contributed by atoms with E-state index in [2.05, 4.69) is 15.9 Å². The van der Waals surface area contributed by atoms with Gasteiger partial charge < -0.3 is 5.11 Å². The van der Waals surface area contributed by atoms with Crippen LogP contribution in [0.1, 0.15) is 23.6 Å². The van der Waals surface area contributed by atoms with Crippen LogP contribution in [0.5, 0.6) is 0 Å². The van der Waals surface area contributed by atoms with E-state index in [0.29, 0.717) is 5.56 Å². The third-order valence-electron chi connectivity index (χ3n) is 3.01. The summed E-state index contributed by atoms with van der Waals surface area (Å²) in [7, 11) is 0. The van der Waals surface area contributed by atoms with E-state index in [1.54, 1.807) is 13.0 Å². The predicted molar refractivity (Wildman–Crippen MR) is 74.0 cm³/mol. The van der Waals surface area contributed by atoms with Crippen LogP contribution in [0.3, 0.4) is 0 Å². The first-order valence-corrected chi connectivity index (χ1v) is 6.45. The zero-order valence-corrected chi connectivity index (χ0v) is 11.8. The van der Waals surface area contributed by atoms with Crippen LogP contribution in [-0.4, -0.2) is 5.11 Å². The molecule has 1 N–H and O–H groups in total. The number of rotatable bonds is 2. The summed E-state index contributed by atoms with van der Waals surface area (Å²) in [4.78, 5) is 0. The monoisotopic (exact) mass is 308 g/mol. The Hall–Kier alpha value is -1.19. The van der Waals surface area contributed by atoms with Gasteiger partial charge in [-0.25, -0.2) is 4.39 Å². The Kier molecular flexibility index (Phi) is 3.55. The van der Waals surface area contributed by atoms with Crippen LogP contribution in [0, 0.1) is 12.7 Å². The van der Waals surface area contributed by atoms with Crippen molar-refractivity contribution in [3.05, 3.63) is 69.4 Å². The molecular formula is C15H14BrFO. The fourth-order valence-corrected chi connectivity index (χ4v) is 2.22. The van der Waals surface area contributed by atoms with Crippen molar-refractivity contribution < 1.29 is 9.50 Å². The molecule has 0 saturated heterocycles. The van der Waals surface area contributed by atoms with Crippen LogP contribution in [0.4, 0.5) is 4.39 Å². The average molecular weight is 309 g/mol. The van der Waals surface area contributed by atoms with Gasteiger partial charge in [-0.3, -0.25) is 0 Å². The normalized spacial score (nSPS) is 14.3. The SMILES string of the molecule is Cc1cc(F)cc(C(C)(O)c2ccc(Br)cc2)c1. The van der Waals surface area contributed by atoms with Crippen LogP contribution >= 0.6 is 15.9 Å². The maximum atomic E-state index is 13.4. The summed E-state index contributed by atoms with van der Waals surface area (Å²) in [5.74, 6) is -0.331. The molecule has 1 unspecified atom stereocenters. The molecule has 0 spiro atoms. The zero-order chi connectivity index (χ0) is 13.3. The number of benzene rings is 2. The van der Waals surface area contributed by atoms with Gasteiger partial charge in [-0.1, -0.05) is 34.1 Å². The number of aryl methyl sites for hydroxylation is 1. The predicted octanol–water partition coefficient (Wildman–Crippen LogP) is 4.15. The lowest BCUT2D eigenvalue weighted by Gasteiger charge is -2.25. The second-order valence-electron chi connectivity index (χ2n) is 4.60. The maximum absolute atomic E-state index is 13.4. The molecule has 2 aromatic rings. The highest BCUT2D eigenvalue weighted by atomic mass is 79.9. The minimum atomic E-state index is -1.20. The topological polar surface area (TPSA) is 20.2 Å². The largest absolute Gasteiger partial charge is 0.381 e. The first-order chi connectivity index (χ1) is 8.39. The second kappa shape index (κ2) is 4.82. The third-order valence-corrected chi connectivity index (χ3v) is 3.54. The van der Waals surface area contributed by atoms with Crippen molar-refractivity contribution in [3.8, 4) is 0 Å². The molecule has 0 saturated carbocycles. The van der Waals surface area contributed by atoms with E-state index in [9.17, 15) is 9.50 Å². The molecule has 0 aliphatic rings. The molecular weight excluding hydrogens is 295 g/mol. The first-order valence-electron chi connectivity index (χ1n) is 5.65. The van der Waals surface area contributed by atoms with E-state index in [-0.39, 0.29) is 5.82 Å². The molecule has 94 valence electrons. The van der Waals surface area contributed by atoms with E-state index < -0.39 is 5.60 Å². The van der Waals surface area contributed by atoms with Crippen molar-refractivity contribution in [1.29, 1.82) is 0 Å². The van der Waals surface area contributed by atoms with Crippen LogP contribution in [0.15, 0.2) is 46.9 Å². The van der Waals surface area contributed by atoms with Gasteiger partial charge in [-0.15, -0.1) is 0 Å². The Balaban J connectivity index is 2.49. The number of halogens is 2. The van der Waals surface area contributed by atoms with Crippen molar-refractivity contribution in [2.24, 2.45) is 0 Å². The van der Waals surface area contributed by atoms with Crippen LogP contribution in [0.25, 0.3) is 0 Å². The molecule has 0 bridgehead atoms. The molecule has 0 aliphatic heterocycles. The fraction of sp³-hybridized carbons (Fsp3) is 0.200. The van der Waals surface area contributed by atoms with Gasteiger partial charge in [0.25, 0.3) is 0 Å². The summed E-state index contributed by atoms with van der Waals surface area (Å²) in [5, 5.41) is 10.6. The molecule has 0 aliphatic carbocycles. The van der Waals surface area contributed by atoms with Gasteiger partial charge in [0, 0.05) is 4.47 Å². The van der Waals surface area contributed by atoms with E-state index in [1.807, 2.05) is 31.2 Å². The minimum absolute atomic E-state index is 0.331. The molecule has 2 aromatic carbocycles. The Morgan fingerprint density at radius 3 is 2.22 bits per heavy atom. The smallest absolute Gasteiger partial charge is 0.123 e. The van der Waals surface area contributed by atoms with Gasteiger partial charge in [0.05, 0.1) is 0 Å². The molecule has 18 heavy (non-hydrogen) atoms. The number of aliphatic hydroxyl groups is 1. The third kappa shape index (κ3) is 2.62. The highest BCUT2D eigenvalue weighted by Crippen LogP contribution is 2.30. The van der Waals surface area contributed by atoms with Crippen molar-refractivity contribution in [3.63, 3.8) is 0 Å². The number of hydrogen-bond acceptors (Lipinski definition) is 1. The molecule has 0 heterocycles. The van der Waals surface area contributed by atoms with Gasteiger partial charge in [-0.2, -0.15) is 0 Å². The summed E-state index contributed by atoms with van der Waals surface area (Å²) in [5.41, 5.74) is 0.883. The first kappa shape index (κ1) is 13.2. The Bertz CT molecular complexity index is 541. The van der Waals surface area contributed by atoms with Crippen molar-refractivity contribution >= 4 is 15.9 Å². The van der Waals surface area contributed by atoms with Crippen molar-refractivity contribution in [1.82, 2.24) is 0 Å². The maximum Gasteiger partial charge on any atom is 0.123 e. The Labute approximate surface area is 114 Å². The molecule has 1 atom stereocenters. The van der Waals surface area contributed by atoms with Crippen molar-refractivity contribution in [2.75, 3.05) is 0 Å². The van der Waals surface area contributed by atoms with Gasteiger partial charge in [0.2, 0.25) is 0 Å². The van der Waals surface area contributed by atoms with Gasteiger partial charge in [0.15, 0.2) is 0 Å². The molecule has 3 heteroatoms. The quantitative estimate of drug-likeness (QED) is 0.883. The lowest BCUT2D eigenvalue weighted by Crippen LogP contribution is -2.23. The summed E-state index contributed by atoms with van der Waals surface area (Å²) < 4.78 is 14.4. The summed E-state index contributed by atoms with van der Waals surface area (Å²) in [6, 6.07) is 12.0. The lowest BCUT2D eigenvalue weighted by atomic mass is 9.87. The van der Waals surface area contributed by atoms with Crippen LogP contribution in [-0.2, 0) is 5.60 Å². The molecule has 2 rings (SSSR count). The molecule has 0 radical (unpaired) electrons. The standard InChI is InChI=1S/C15H14BrFO/c1-10-7-12(9-14(17)8-10)15(2,18)11-3-5-13(16)6-4-11/h3-9,18H,1-2H3. The second-order valence-corrected chi connectivity index (χ2v) is 5.51. The highest BCUT2D eigenvalue weighted by Gasteiger charge is 2.26.